The quantitative estimate of drug-likeness (QED) is 0.458. The summed E-state index contributed by atoms with van der Waals surface area (Å²) >= 11 is 0. The van der Waals surface area contributed by atoms with Crippen molar-refractivity contribution in [2.45, 2.75) is 12.8 Å². The van der Waals surface area contributed by atoms with E-state index in [2.05, 4.69) is 12.0 Å². The van der Waals surface area contributed by atoms with Crippen molar-refractivity contribution in [1.82, 2.24) is 5.48 Å². The Bertz CT molecular complexity index is 23.0. The first-order valence-electron chi connectivity index (χ1n) is 2.10. The summed E-state index contributed by atoms with van der Waals surface area (Å²) in [5.74, 6) is 0. The predicted molar refractivity (Wildman–Crippen MR) is 21.6 cm³/mol. The Morgan fingerprint density at radius 1 is 1.67 bits per heavy atom. The molecule has 0 amide bonds. The molecule has 0 spiro atoms. The molecular weight excluding hydrogens is 78.0 g/mol. The first-order chi connectivity index (χ1) is 3.00. The van der Waals surface area contributed by atoms with Gasteiger partial charge in [0, 0.05) is 0 Å². The summed E-state index contributed by atoms with van der Waals surface area (Å²) in [6, 6.07) is 0. The molecular formula is C4H7NO. The van der Waals surface area contributed by atoms with E-state index in [0.717, 1.165) is 19.4 Å². The second-order valence-corrected chi connectivity index (χ2v) is 1.23. The maximum Gasteiger partial charge on any atom is 0.0879 e. The van der Waals surface area contributed by atoms with E-state index in [-0.39, 0.29) is 0 Å². The minimum atomic E-state index is 0.826. The van der Waals surface area contributed by atoms with Gasteiger partial charge in [-0.3, -0.25) is 0 Å². The Hall–Kier alpha value is -0.0800. The Balaban J connectivity index is 2.00. The van der Waals surface area contributed by atoms with Gasteiger partial charge in [-0.15, -0.1) is 0 Å². The molecule has 2 radical (unpaired) electrons. The maximum absolute atomic E-state index is 4.71. The number of hydroxylamine groups is 1. The maximum atomic E-state index is 4.71. The molecule has 0 saturated carbocycles. The standard InChI is InChI=1S/C4H7NO/c1-2-4-6-5-3-1/h5H,1-2,4H2. The van der Waals surface area contributed by atoms with E-state index in [4.69, 9.17) is 4.84 Å². The molecule has 1 aliphatic heterocycles. The summed E-state index contributed by atoms with van der Waals surface area (Å²) in [5, 5.41) is 0. The molecule has 0 atom stereocenters. The van der Waals surface area contributed by atoms with Crippen molar-refractivity contribution in [3.8, 4) is 0 Å². The predicted octanol–water partition coefficient (Wildman–Crippen LogP) is 0.340. The Kier molecular flexibility index (Phi) is 1.47. The monoisotopic (exact) mass is 85.1 g/mol. The van der Waals surface area contributed by atoms with Crippen LogP contribution in [0.5, 0.6) is 0 Å². The third-order valence-electron chi connectivity index (χ3n) is 0.693. The molecule has 2 heteroatoms. The summed E-state index contributed by atoms with van der Waals surface area (Å²) in [7, 11) is 0. The molecule has 1 fully saturated rings. The van der Waals surface area contributed by atoms with Crippen molar-refractivity contribution in [1.29, 1.82) is 0 Å². The molecule has 34 valence electrons. The number of nitrogens with one attached hydrogen (secondary N) is 1. The summed E-state index contributed by atoms with van der Waals surface area (Å²) in [4.78, 5) is 4.71. The van der Waals surface area contributed by atoms with E-state index in [1.54, 1.807) is 0 Å². The molecule has 1 N–H and O–H groups in total. The van der Waals surface area contributed by atoms with Gasteiger partial charge >= 0.3 is 0 Å². The van der Waals surface area contributed by atoms with Gasteiger partial charge in [0.25, 0.3) is 0 Å². The van der Waals surface area contributed by atoms with Gasteiger partial charge in [0.15, 0.2) is 0 Å². The Morgan fingerprint density at radius 2 is 2.67 bits per heavy atom. The third kappa shape index (κ3) is 0.954. The van der Waals surface area contributed by atoms with Crippen LogP contribution >= 0.6 is 0 Å². The lowest BCUT2D eigenvalue weighted by Crippen LogP contribution is -2.17. The third-order valence-corrected chi connectivity index (χ3v) is 0.693. The molecule has 1 saturated heterocycles. The zero-order chi connectivity index (χ0) is 4.24. The van der Waals surface area contributed by atoms with E-state index < -0.39 is 0 Å². The molecule has 0 aromatic carbocycles. The van der Waals surface area contributed by atoms with Crippen LogP contribution in [0.15, 0.2) is 0 Å². The lowest BCUT2D eigenvalue weighted by atomic mass is 10.3. The fourth-order valence-electron chi connectivity index (χ4n) is 0.386. The van der Waals surface area contributed by atoms with Gasteiger partial charge in [-0.2, -0.15) is 5.48 Å². The fourth-order valence-corrected chi connectivity index (χ4v) is 0.386. The van der Waals surface area contributed by atoms with Crippen LogP contribution in [0.3, 0.4) is 0 Å². The minimum Gasteiger partial charge on any atom is -0.301 e. The summed E-state index contributed by atoms with van der Waals surface area (Å²) < 4.78 is 0. The van der Waals surface area contributed by atoms with Crippen LogP contribution in [0.25, 0.3) is 0 Å². The number of rotatable bonds is 0. The normalized spacial score (nSPS) is 24.0. The van der Waals surface area contributed by atoms with Crippen LogP contribution < -0.4 is 5.48 Å². The molecule has 0 aromatic heterocycles. The smallest absolute Gasteiger partial charge is 0.0879 e. The van der Waals surface area contributed by atoms with E-state index in [9.17, 15) is 0 Å². The van der Waals surface area contributed by atoms with Crippen molar-refractivity contribution < 1.29 is 4.84 Å². The second kappa shape index (κ2) is 2.16. The Morgan fingerprint density at radius 3 is 2.83 bits per heavy atom. The van der Waals surface area contributed by atoms with Crippen LogP contribution in [0.2, 0.25) is 0 Å². The number of hydrogen-bond donors (Lipinski definition) is 1. The van der Waals surface area contributed by atoms with Crippen LogP contribution in [0, 0.1) is 6.54 Å². The largest absolute Gasteiger partial charge is 0.301 e. The minimum absolute atomic E-state index is 0.826. The Labute approximate surface area is 37.4 Å². The highest BCUT2D eigenvalue weighted by atomic mass is 16.6. The van der Waals surface area contributed by atoms with Gasteiger partial charge in [0.05, 0.1) is 13.2 Å². The van der Waals surface area contributed by atoms with Crippen molar-refractivity contribution in [3.63, 3.8) is 0 Å². The van der Waals surface area contributed by atoms with E-state index in [0.29, 0.717) is 0 Å². The summed E-state index contributed by atoms with van der Waals surface area (Å²) in [6.07, 6.45) is 2.12. The van der Waals surface area contributed by atoms with Crippen LogP contribution in [0.1, 0.15) is 12.8 Å². The molecule has 1 rings (SSSR count). The molecule has 1 heterocycles. The first kappa shape index (κ1) is 4.09. The molecule has 1 aliphatic rings. The van der Waals surface area contributed by atoms with Crippen LogP contribution in [0.4, 0.5) is 0 Å². The van der Waals surface area contributed by atoms with E-state index in [1.165, 1.54) is 0 Å². The van der Waals surface area contributed by atoms with Crippen molar-refractivity contribution in [2.75, 3.05) is 6.61 Å². The van der Waals surface area contributed by atoms with Gasteiger partial charge in [-0.1, -0.05) is 0 Å². The van der Waals surface area contributed by atoms with Gasteiger partial charge in [-0.25, -0.2) is 0 Å². The summed E-state index contributed by atoms with van der Waals surface area (Å²) in [5.41, 5.74) is 2.53. The highest BCUT2D eigenvalue weighted by molar-refractivity contribution is 4.57. The highest BCUT2D eigenvalue weighted by Gasteiger charge is 1.95. The molecule has 6 heavy (non-hydrogen) atoms. The van der Waals surface area contributed by atoms with Crippen molar-refractivity contribution in [2.24, 2.45) is 0 Å². The molecule has 0 bridgehead atoms. The SMILES string of the molecule is [C]1CCCON1. The fraction of sp³-hybridized carbons (Fsp3) is 0.750. The van der Waals surface area contributed by atoms with Gasteiger partial charge < -0.3 is 4.84 Å². The highest BCUT2D eigenvalue weighted by Crippen LogP contribution is 1.95. The van der Waals surface area contributed by atoms with Gasteiger partial charge in [0.2, 0.25) is 0 Å². The van der Waals surface area contributed by atoms with E-state index >= 15 is 0 Å². The van der Waals surface area contributed by atoms with Crippen molar-refractivity contribution in [3.05, 3.63) is 6.54 Å². The first-order valence-corrected chi connectivity index (χ1v) is 2.10. The average molecular weight is 85.1 g/mol. The molecule has 0 aromatic rings. The van der Waals surface area contributed by atoms with E-state index in [1.807, 2.05) is 0 Å². The zero-order valence-corrected chi connectivity index (χ0v) is 3.53. The molecule has 0 unspecified atom stereocenters. The van der Waals surface area contributed by atoms with Gasteiger partial charge in [-0.05, 0) is 12.8 Å². The second-order valence-electron chi connectivity index (χ2n) is 1.23. The number of hydrogen-bond acceptors (Lipinski definition) is 2. The van der Waals surface area contributed by atoms with Crippen LogP contribution in [-0.2, 0) is 4.84 Å². The average Bonchev–Trinajstić information content (AvgIpc) is 1.72. The van der Waals surface area contributed by atoms with Crippen molar-refractivity contribution >= 4 is 0 Å². The lowest BCUT2D eigenvalue weighted by molar-refractivity contribution is 0.0337. The summed E-state index contributed by atoms with van der Waals surface area (Å²) in [6.45, 7) is 3.64. The molecule has 0 aliphatic carbocycles. The zero-order valence-electron chi connectivity index (χ0n) is 3.53. The lowest BCUT2D eigenvalue weighted by Gasteiger charge is -2.08. The van der Waals surface area contributed by atoms with Crippen LogP contribution in [-0.4, -0.2) is 6.61 Å². The molecule has 2 nitrogen and oxygen atoms in total. The topological polar surface area (TPSA) is 21.3 Å². The van der Waals surface area contributed by atoms with Gasteiger partial charge in [0.1, 0.15) is 0 Å².